The summed E-state index contributed by atoms with van der Waals surface area (Å²) in [5, 5.41) is 2.89. The molecule has 5 heteroatoms. The number of rotatable bonds is 4. The monoisotopic (exact) mass is 262 g/mol. The number of nitrogens with zero attached hydrogens (tertiary/aromatic N) is 1. The van der Waals surface area contributed by atoms with Crippen LogP contribution in [-0.4, -0.2) is 28.8 Å². The van der Waals surface area contributed by atoms with Gasteiger partial charge in [0.2, 0.25) is 11.8 Å². The highest BCUT2D eigenvalue weighted by atomic mass is 16.3. The molecule has 0 bridgehead atoms. The Balaban J connectivity index is 1.82. The maximum Gasteiger partial charge on any atom is 0.246 e. The minimum Gasteiger partial charge on any atom is -0.472 e. The molecular weight excluding hydrogens is 244 g/mol. The number of carbonyl (C=O) groups is 2. The zero-order valence-corrected chi connectivity index (χ0v) is 11.0. The molecule has 2 heterocycles. The second-order valence-electron chi connectivity index (χ2n) is 5.35. The van der Waals surface area contributed by atoms with E-state index in [1.54, 1.807) is 17.4 Å². The summed E-state index contributed by atoms with van der Waals surface area (Å²) in [7, 11) is 0. The van der Waals surface area contributed by atoms with Crippen molar-refractivity contribution < 1.29 is 14.0 Å². The van der Waals surface area contributed by atoms with Crippen LogP contribution < -0.4 is 5.32 Å². The third-order valence-corrected chi connectivity index (χ3v) is 3.94. The molecule has 0 spiro atoms. The first-order valence-electron chi connectivity index (χ1n) is 6.82. The first kappa shape index (κ1) is 12.3. The van der Waals surface area contributed by atoms with Gasteiger partial charge in [-0.2, -0.15) is 0 Å². The van der Waals surface area contributed by atoms with E-state index in [0.29, 0.717) is 18.9 Å². The SMILES string of the molecule is CCC1C(=O)NC(C2CC2)C(=O)N1Cc1ccoc1. The minimum absolute atomic E-state index is 0.0255. The van der Waals surface area contributed by atoms with Gasteiger partial charge in [-0.05, 0) is 31.2 Å². The van der Waals surface area contributed by atoms with Crippen LogP contribution in [0.4, 0.5) is 0 Å². The number of piperazine rings is 1. The van der Waals surface area contributed by atoms with E-state index in [4.69, 9.17) is 4.42 Å². The van der Waals surface area contributed by atoms with Crippen molar-refractivity contribution in [2.45, 2.75) is 44.8 Å². The molecule has 0 aromatic carbocycles. The molecule has 1 aliphatic heterocycles. The lowest BCUT2D eigenvalue weighted by Crippen LogP contribution is -2.63. The molecule has 2 fully saturated rings. The summed E-state index contributed by atoms with van der Waals surface area (Å²) in [6.07, 6.45) is 5.91. The Hall–Kier alpha value is -1.78. The van der Waals surface area contributed by atoms with Gasteiger partial charge in [-0.15, -0.1) is 0 Å². The second-order valence-corrected chi connectivity index (χ2v) is 5.35. The van der Waals surface area contributed by atoms with Gasteiger partial charge in [-0.25, -0.2) is 0 Å². The van der Waals surface area contributed by atoms with Gasteiger partial charge in [-0.3, -0.25) is 9.59 Å². The zero-order valence-electron chi connectivity index (χ0n) is 11.0. The van der Waals surface area contributed by atoms with E-state index >= 15 is 0 Å². The van der Waals surface area contributed by atoms with Crippen LogP contribution >= 0.6 is 0 Å². The van der Waals surface area contributed by atoms with Gasteiger partial charge >= 0.3 is 0 Å². The van der Waals surface area contributed by atoms with Gasteiger partial charge in [0, 0.05) is 12.1 Å². The van der Waals surface area contributed by atoms with Gasteiger partial charge in [0.25, 0.3) is 0 Å². The Morgan fingerprint density at radius 3 is 2.79 bits per heavy atom. The van der Waals surface area contributed by atoms with Crippen LogP contribution in [0.5, 0.6) is 0 Å². The first-order chi connectivity index (χ1) is 9.20. The summed E-state index contributed by atoms with van der Waals surface area (Å²) in [5.74, 6) is 0.360. The molecule has 2 atom stereocenters. The van der Waals surface area contributed by atoms with Crippen LogP contribution in [0.2, 0.25) is 0 Å². The summed E-state index contributed by atoms with van der Waals surface area (Å²) in [6, 6.07) is 1.15. The Morgan fingerprint density at radius 1 is 1.42 bits per heavy atom. The molecule has 19 heavy (non-hydrogen) atoms. The number of hydrogen-bond acceptors (Lipinski definition) is 3. The smallest absolute Gasteiger partial charge is 0.246 e. The third-order valence-electron chi connectivity index (χ3n) is 3.94. The average molecular weight is 262 g/mol. The quantitative estimate of drug-likeness (QED) is 0.889. The van der Waals surface area contributed by atoms with Crippen LogP contribution in [0.3, 0.4) is 0 Å². The van der Waals surface area contributed by atoms with Crippen LogP contribution in [0, 0.1) is 5.92 Å². The lowest BCUT2D eigenvalue weighted by molar-refractivity contribution is -0.150. The Morgan fingerprint density at radius 2 is 2.21 bits per heavy atom. The molecule has 1 aromatic rings. The van der Waals surface area contributed by atoms with Crippen molar-refractivity contribution in [1.82, 2.24) is 10.2 Å². The Kier molecular flexibility index (Phi) is 3.05. The predicted molar refractivity (Wildman–Crippen MR) is 68.0 cm³/mol. The maximum absolute atomic E-state index is 12.5. The summed E-state index contributed by atoms with van der Waals surface area (Å²) in [6.45, 7) is 2.38. The van der Waals surface area contributed by atoms with E-state index in [-0.39, 0.29) is 23.9 Å². The normalized spacial score (nSPS) is 27.5. The molecule has 2 amide bonds. The molecule has 0 radical (unpaired) electrons. The fourth-order valence-corrected chi connectivity index (χ4v) is 2.71. The van der Waals surface area contributed by atoms with E-state index in [2.05, 4.69) is 5.32 Å². The zero-order chi connectivity index (χ0) is 13.4. The van der Waals surface area contributed by atoms with Crippen molar-refractivity contribution in [2.75, 3.05) is 0 Å². The van der Waals surface area contributed by atoms with Crippen molar-refractivity contribution in [1.29, 1.82) is 0 Å². The van der Waals surface area contributed by atoms with Gasteiger partial charge in [0.1, 0.15) is 12.1 Å². The fourth-order valence-electron chi connectivity index (χ4n) is 2.71. The molecule has 2 unspecified atom stereocenters. The van der Waals surface area contributed by atoms with Crippen LogP contribution in [0.25, 0.3) is 0 Å². The van der Waals surface area contributed by atoms with Crippen LogP contribution in [-0.2, 0) is 16.1 Å². The predicted octanol–water partition coefficient (Wildman–Crippen LogP) is 1.30. The first-order valence-corrected chi connectivity index (χ1v) is 6.82. The molecule has 102 valence electrons. The summed E-state index contributed by atoms with van der Waals surface area (Å²) < 4.78 is 5.04. The van der Waals surface area contributed by atoms with E-state index in [1.165, 1.54) is 0 Å². The number of hydrogen-bond donors (Lipinski definition) is 1. The molecule has 1 aliphatic carbocycles. The number of carbonyl (C=O) groups excluding carboxylic acids is 2. The molecule has 1 saturated carbocycles. The van der Waals surface area contributed by atoms with E-state index in [1.807, 2.05) is 13.0 Å². The van der Waals surface area contributed by atoms with Crippen LogP contribution in [0.1, 0.15) is 31.7 Å². The largest absolute Gasteiger partial charge is 0.472 e. The van der Waals surface area contributed by atoms with Gasteiger partial charge in [-0.1, -0.05) is 6.92 Å². The fraction of sp³-hybridized carbons (Fsp3) is 0.571. The second kappa shape index (κ2) is 4.72. The van der Waals surface area contributed by atoms with Gasteiger partial charge < -0.3 is 14.6 Å². The lowest BCUT2D eigenvalue weighted by atomic mass is 10.0. The summed E-state index contributed by atoms with van der Waals surface area (Å²) in [4.78, 5) is 26.4. The Bertz CT molecular complexity index is 479. The highest BCUT2D eigenvalue weighted by Gasteiger charge is 2.46. The summed E-state index contributed by atoms with van der Waals surface area (Å²) >= 11 is 0. The molecule has 1 aromatic heterocycles. The van der Waals surface area contributed by atoms with Crippen molar-refractivity contribution in [3.05, 3.63) is 24.2 Å². The van der Waals surface area contributed by atoms with Crippen molar-refractivity contribution in [3.8, 4) is 0 Å². The molecule has 2 aliphatic rings. The molecular formula is C14H18N2O3. The highest BCUT2D eigenvalue weighted by molar-refractivity contribution is 5.97. The molecule has 1 saturated heterocycles. The molecule has 5 nitrogen and oxygen atoms in total. The molecule has 3 rings (SSSR count). The van der Waals surface area contributed by atoms with Crippen molar-refractivity contribution in [2.24, 2.45) is 5.92 Å². The van der Waals surface area contributed by atoms with Crippen molar-refractivity contribution in [3.63, 3.8) is 0 Å². The average Bonchev–Trinajstić information content (AvgIpc) is 3.11. The van der Waals surface area contributed by atoms with Gasteiger partial charge in [0.05, 0.1) is 12.5 Å². The van der Waals surface area contributed by atoms with E-state index in [0.717, 1.165) is 18.4 Å². The number of nitrogens with one attached hydrogen (secondary N) is 1. The minimum atomic E-state index is -0.364. The standard InChI is InChI=1S/C14H18N2O3/c1-2-11-13(17)15-12(10-3-4-10)14(18)16(11)7-9-5-6-19-8-9/h5-6,8,10-12H,2-4,7H2,1H3,(H,15,17). The topological polar surface area (TPSA) is 62.6 Å². The van der Waals surface area contributed by atoms with Gasteiger partial charge in [0.15, 0.2) is 0 Å². The lowest BCUT2D eigenvalue weighted by Gasteiger charge is -2.38. The molecule has 1 N–H and O–H groups in total. The number of amides is 2. The number of furan rings is 1. The van der Waals surface area contributed by atoms with E-state index < -0.39 is 0 Å². The maximum atomic E-state index is 12.5. The Labute approximate surface area is 111 Å². The van der Waals surface area contributed by atoms with E-state index in [9.17, 15) is 9.59 Å². The van der Waals surface area contributed by atoms with Crippen molar-refractivity contribution >= 4 is 11.8 Å². The third kappa shape index (κ3) is 2.25. The van der Waals surface area contributed by atoms with Crippen LogP contribution in [0.15, 0.2) is 23.0 Å². The summed E-state index contributed by atoms with van der Waals surface area (Å²) in [5.41, 5.74) is 0.927. The highest BCUT2D eigenvalue weighted by Crippen LogP contribution is 2.35.